The summed E-state index contributed by atoms with van der Waals surface area (Å²) < 4.78 is 28.0. The number of carbonyl (C=O) groups excluding carboxylic acids is 1. The van der Waals surface area contributed by atoms with E-state index in [1.54, 1.807) is 12.1 Å². The standard InChI is InChI=1S/C23H24N2O3S/c1-2-17-8-5-6-11-21(17)24-23(26)22-12-7-15-25(22)29(27,28)20-14-13-18-9-3-4-10-19(18)16-20/h3-6,8-11,13-14,16,22H,2,7,12,15H2,1H3,(H,24,26)/t22-/m0/s1. The van der Waals surface area contributed by atoms with Crippen LogP contribution in [0.2, 0.25) is 0 Å². The Bertz CT molecular complexity index is 1160. The summed E-state index contributed by atoms with van der Waals surface area (Å²) in [6, 6.07) is 19.7. The van der Waals surface area contributed by atoms with Gasteiger partial charge in [-0.1, -0.05) is 55.5 Å². The molecule has 150 valence electrons. The number of aryl methyl sites for hydroxylation is 1. The second-order valence-electron chi connectivity index (χ2n) is 7.28. The summed E-state index contributed by atoms with van der Waals surface area (Å²) in [7, 11) is -3.76. The van der Waals surface area contributed by atoms with Crippen LogP contribution < -0.4 is 5.32 Å². The molecule has 1 heterocycles. The number of nitrogens with zero attached hydrogens (tertiary/aromatic N) is 1. The molecule has 1 aliphatic rings. The van der Waals surface area contributed by atoms with Gasteiger partial charge in [-0.2, -0.15) is 4.31 Å². The van der Waals surface area contributed by atoms with Crippen LogP contribution in [0.5, 0.6) is 0 Å². The number of nitrogens with one attached hydrogen (secondary N) is 1. The highest BCUT2D eigenvalue weighted by Crippen LogP contribution is 2.29. The molecule has 1 N–H and O–H groups in total. The van der Waals surface area contributed by atoms with Crippen LogP contribution in [0.25, 0.3) is 10.8 Å². The normalized spacial score (nSPS) is 17.5. The summed E-state index contributed by atoms with van der Waals surface area (Å²) in [5.74, 6) is -0.271. The maximum absolute atomic E-state index is 13.3. The number of benzene rings is 3. The minimum absolute atomic E-state index is 0.227. The molecule has 1 saturated heterocycles. The molecule has 5 nitrogen and oxygen atoms in total. The molecule has 0 radical (unpaired) electrons. The average molecular weight is 409 g/mol. The van der Waals surface area contributed by atoms with Crippen LogP contribution in [0.4, 0.5) is 5.69 Å². The molecule has 3 aromatic carbocycles. The Labute approximate surface area is 171 Å². The summed E-state index contributed by atoms with van der Waals surface area (Å²) in [5, 5.41) is 4.79. The number of rotatable bonds is 5. The van der Waals surface area contributed by atoms with Gasteiger partial charge in [-0.05, 0) is 53.8 Å². The smallest absolute Gasteiger partial charge is 0.243 e. The van der Waals surface area contributed by atoms with Crippen LogP contribution in [0.3, 0.4) is 0 Å². The predicted octanol–water partition coefficient (Wildman–Crippen LogP) is 4.19. The van der Waals surface area contributed by atoms with Gasteiger partial charge < -0.3 is 5.32 Å². The van der Waals surface area contributed by atoms with E-state index in [2.05, 4.69) is 5.32 Å². The van der Waals surface area contributed by atoms with Gasteiger partial charge in [-0.25, -0.2) is 8.42 Å². The summed E-state index contributed by atoms with van der Waals surface area (Å²) >= 11 is 0. The maximum Gasteiger partial charge on any atom is 0.243 e. The quantitative estimate of drug-likeness (QED) is 0.688. The van der Waals surface area contributed by atoms with E-state index in [-0.39, 0.29) is 10.8 Å². The van der Waals surface area contributed by atoms with Gasteiger partial charge in [0.2, 0.25) is 15.9 Å². The Morgan fingerprint density at radius 2 is 1.76 bits per heavy atom. The molecule has 0 aromatic heterocycles. The van der Waals surface area contributed by atoms with Gasteiger partial charge in [0.15, 0.2) is 0 Å². The Morgan fingerprint density at radius 3 is 2.55 bits per heavy atom. The molecule has 1 amide bonds. The monoisotopic (exact) mass is 408 g/mol. The Hall–Kier alpha value is -2.70. The van der Waals surface area contributed by atoms with Crippen molar-refractivity contribution in [1.82, 2.24) is 4.31 Å². The third kappa shape index (κ3) is 3.78. The van der Waals surface area contributed by atoms with E-state index in [1.807, 2.05) is 61.5 Å². The van der Waals surface area contributed by atoms with Gasteiger partial charge >= 0.3 is 0 Å². The zero-order valence-electron chi connectivity index (χ0n) is 16.3. The highest BCUT2D eigenvalue weighted by Gasteiger charge is 2.39. The number of hydrogen-bond donors (Lipinski definition) is 1. The minimum Gasteiger partial charge on any atom is -0.324 e. The van der Waals surface area contributed by atoms with E-state index < -0.39 is 16.1 Å². The van der Waals surface area contributed by atoms with Crippen molar-refractivity contribution in [3.05, 3.63) is 72.3 Å². The summed E-state index contributed by atoms with van der Waals surface area (Å²) in [5.41, 5.74) is 1.78. The van der Waals surface area contributed by atoms with E-state index in [0.717, 1.165) is 28.4 Å². The fourth-order valence-electron chi connectivity index (χ4n) is 3.92. The lowest BCUT2D eigenvalue weighted by atomic mass is 10.1. The van der Waals surface area contributed by atoms with Crippen molar-refractivity contribution in [1.29, 1.82) is 0 Å². The molecule has 0 bridgehead atoms. The first-order chi connectivity index (χ1) is 14.0. The van der Waals surface area contributed by atoms with Crippen molar-refractivity contribution < 1.29 is 13.2 Å². The van der Waals surface area contributed by atoms with Crippen molar-refractivity contribution in [2.24, 2.45) is 0 Å². The van der Waals surface area contributed by atoms with Gasteiger partial charge in [0, 0.05) is 12.2 Å². The van der Waals surface area contributed by atoms with Crippen LogP contribution in [0.1, 0.15) is 25.3 Å². The SMILES string of the molecule is CCc1ccccc1NC(=O)[C@@H]1CCCN1S(=O)(=O)c1ccc2ccccc2c1. The molecule has 1 aliphatic heterocycles. The van der Waals surface area contributed by atoms with Crippen LogP contribution in [0, 0.1) is 0 Å². The van der Waals surface area contributed by atoms with Crippen molar-refractivity contribution >= 4 is 32.4 Å². The van der Waals surface area contributed by atoms with Gasteiger partial charge in [-0.3, -0.25) is 4.79 Å². The molecular formula is C23H24N2O3S. The number of hydrogen-bond acceptors (Lipinski definition) is 3. The second-order valence-corrected chi connectivity index (χ2v) is 9.17. The van der Waals surface area contributed by atoms with E-state index in [1.165, 1.54) is 4.31 Å². The van der Waals surface area contributed by atoms with E-state index in [0.29, 0.717) is 19.4 Å². The average Bonchev–Trinajstić information content (AvgIpc) is 3.25. The van der Waals surface area contributed by atoms with Crippen LogP contribution in [-0.2, 0) is 21.2 Å². The maximum atomic E-state index is 13.3. The molecular weight excluding hydrogens is 384 g/mol. The topological polar surface area (TPSA) is 66.5 Å². The van der Waals surface area contributed by atoms with E-state index >= 15 is 0 Å². The number of para-hydroxylation sites is 1. The number of carbonyl (C=O) groups is 1. The first kappa shape index (κ1) is 19.6. The summed E-state index contributed by atoms with van der Waals surface area (Å²) in [6.45, 7) is 2.37. The number of sulfonamides is 1. The Morgan fingerprint density at radius 1 is 1.03 bits per heavy atom. The number of anilines is 1. The lowest BCUT2D eigenvalue weighted by Crippen LogP contribution is -2.43. The van der Waals surface area contributed by atoms with Gasteiger partial charge in [-0.15, -0.1) is 0 Å². The van der Waals surface area contributed by atoms with Crippen molar-refractivity contribution in [2.75, 3.05) is 11.9 Å². The molecule has 29 heavy (non-hydrogen) atoms. The van der Waals surface area contributed by atoms with E-state index in [4.69, 9.17) is 0 Å². The van der Waals surface area contributed by atoms with Crippen molar-refractivity contribution in [2.45, 2.75) is 37.1 Å². The predicted molar refractivity (Wildman–Crippen MR) is 115 cm³/mol. The van der Waals surface area contributed by atoms with Crippen molar-refractivity contribution in [3.63, 3.8) is 0 Å². The molecule has 1 fully saturated rings. The first-order valence-electron chi connectivity index (χ1n) is 9.90. The molecule has 3 aromatic rings. The molecule has 0 aliphatic carbocycles. The lowest BCUT2D eigenvalue weighted by molar-refractivity contribution is -0.119. The lowest BCUT2D eigenvalue weighted by Gasteiger charge is -2.24. The third-order valence-electron chi connectivity index (χ3n) is 5.49. The van der Waals surface area contributed by atoms with Gasteiger partial charge in [0.05, 0.1) is 4.90 Å². The summed E-state index contributed by atoms with van der Waals surface area (Å²) in [6.07, 6.45) is 1.98. The summed E-state index contributed by atoms with van der Waals surface area (Å²) in [4.78, 5) is 13.2. The van der Waals surface area contributed by atoms with Crippen LogP contribution in [-0.4, -0.2) is 31.2 Å². The third-order valence-corrected chi connectivity index (χ3v) is 7.39. The number of amides is 1. The molecule has 0 saturated carbocycles. The molecule has 6 heteroatoms. The zero-order chi connectivity index (χ0) is 20.4. The van der Waals surface area contributed by atoms with Gasteiger partial charge in [0.1, 0.15) is 6.04 Å². The largest absolute Gasteiger partial charge is 0.324 e. The highest BCUT2D eigenvalue weighted by atomic mass is 32.2. The molecule has 1 atom stereocenters. The fraction of sp³-hybridized carbons (Fsp3) is 0.261. The highest BCUT2D eigenvalue weighted by molar-refractivity contribution is 7.89. The van der Waals surface area contributed by atoms with E-state index in [9.17, 15) is 13.2 Å². The molecule has 4 rings (SSSR count). The van der Waals surface area contributed by atoms with Gasteiger partial charge in [0.25, 0.3) is 0 Å². The fourth-order valence-corrected chi connectivity index (χ4v) is 5.61. The zero-order valence-corrected chi connectivity index (χ0v) is 17.2. The first-order valence-corrected chi connectivity index (χ1v) is 11.3. The second kappa shape index (κ2) is 7.97. The number of fused-ring (bicyclic) bond motifs is 1. The van der Waals surface area contributed by atoms with Crippen LogP contribution >= 0.6 is 0 Å². The molecule has 0 unspecified atom stereocenters. The Kier molecular flexibility index (Phi) is 5.39. The minimum atomic E-state index is -3.76. The Balaban J connectivity index is 1.61. The van der Waals surface area contributed by atoms with Crippen LogP contribution in [0.15, 0.2) is 71.6 Å². The van der Waals surface area contributed by atoms with Crippen molar-refractivity contribution in [3.8, 4) is 0 Å². The molecule has 0 spiro atoms.